The second-order valence-electron chi connectivity index (χ2n) is 7.08. The molecule has 0 unspecified atom stereocenters. The summed E-state index contributed by atoms with van der Waals surface area (Å²) in [7, 11) is 3.95. The molecule has 2 aromatic carbocycles. The second kappa shape index (κ2) is 8.25. The van der Waals surface area contributed by atoms with E-state index in [1.54, 1.807) is 0 Å². The van der Waals surface area contributed by atoms with E-state index < -0.39 is 0 Å². The summed E-state index contributed by atoms with van der Waals surface area (Å²) in [5.74, 6) is 0.0693. The first kappa shape index (κ1) is 19.0. The summed E-state index contributed by atoms with van der Waals surface area (Å²) in [5, 5.41) is 0. The van der Waals surface area contributed by atoms with Gasteiger partial charge in [0.15, 0.2) is 0 Å². The third kappa shape index (κ3) is 4.30. The van der Waals surface area contributed by atoms with Gasteiger partial charge in [-0.15, -0.1) is 0 Å². The van der Waals surface area contributed by atoms with Crippen LogP contribution in [0.15, 0.2) is 48.5 Å². The van der Waals surface area contributed by atoms with Gasteiger partial charge in [0, 0.05) is 57.1 Å². The van der Waals surface area contributed by atoms with Gasteiger partial charge in [-0.25, -0.2) is 0 Å². The highest BCUT2D eigenvalue weighted by atomic mass is 16.2. The quantitative estimate of drug-likeness (QED) is 0.837. The molecule has 1 saturated heterocycles. The lowest BCUT2D eigenvalue weighted by molar-refractivity contribution is 0.0535. The molecule has 0 saturated carbocycles. The van der Waals surface area contributed by atoms with Gasteiger partial charge in [0.2, 0.25) is 0 Å². The summed E-state index contributed by atoms with van der Waals surface area (Å²) in [6.45, 7) is 4.35. The summed E-state index contributed by atoms with van der Waals surface area (Å²) in [5.41, 5.74) is 3.69. The Morgan fingerprint density at radius 2 is 1.19 bits per heavy atom. The number of amides is 2. The molecule has 0 aromatic heterocycles. The van der Waals surface area contributed by atoms with Crippen molar-refractivity contribution in [3.63, 3.8) is 0 Å². The van der Waals surface area contributed by atoms with Gasteiger partial charge < -0.3 is 14.7 Å². The van der Waals surface area contributed by atoms with E-state index in [2.05, 4.69) is 6.92 Å². The number of carbonyl (C=O) groups excluding carboxylic acids is 2. The van der Waals surface area contributed by atoms with E-state index in [4.69, 9.17) is 0 Å². The molecule has 142 valence electrons. The SMILES string of the molecule is CCc1ccc(C(=O)N2CCN(C(=O)c3ccc(N(C)C)cc3)CC2)cc1. The minimum Gasteiger partial charge on any atom is -0.378 e. The predicted molar refractivity (Wildman–Crippen MR) is 108 cm³/mol. The van der Waals surface area contributed by atoms with E-state index in [1.165, 1.54) is 5.56 Å². The van der Waals surface area contributed by atoms with Crippen molar-refractivity contribution < 1.29 is 9.59 Å². The molecule has 0 aliphatic carbocycles. The number of hydrogen-bond acceptors (Lipinski definition) is 3. The fraction of sp³-hybridized carbons (Fsp3) is 0.364. The van der Waals surface area contributed by atoms with Crippen molar-refractivity contribution in [2.45, 2.75) is 13.3 Å². The largest absolute Gasteiger partial charge is 0.378 e. The lowest BCUT2D eigenvalue weighted by Crippen LogP contribution is -2.50. The van der Waals surface area contributed by atoms with Gasteiger partial charge in [0.05, 0.1) is 0 Å². The van der Waals surface area contributed by atoms with Crippen LogP contribution in [0.3, 0.4) is 0 Å². The lowest BCUT2D eigenvalue weighted by Gasteiger charge is -2.35. The molecular weight excluding hydrogens is 338 g/mol. The van der Waals surface area contributed by atoms with Crippen LogP contribution >= 0.6 is 0 Å². The van der Waals surface area contributed by atoms with Gasteiger partial charge in [-0.3, -0.25) is 9.59 Å². The average molecular weight is 365 g/mol. The van der Waals surface area contributed by atoms with Crippen LogP contribution < -0.4 is 4.90 Å². The Balaban J connectivity index is 1.59. The number of rotatable bonds is 4. The van der Waals surface area contributed by atoms with Crippen LogP contribution in [0.25, 0.3) is 0 Å². The van der Waals surface area contributed by atoms with E-state index in [1.807, 2.05) is 77.3 Å². The Morgan fingerprint density at radius 1 is 0.778 bits per heavy atom. The third-order valence-corrected chi connectivity index (χ3v) is 5.09. The van der Waals surface area contributed by atoms with E-state index in [-0.39, 0.29) is 11.8 Å². The van der Waals surface area contributed by atoms with E-state index in [0.717, 1.165) is 12.1 Å². The first-order valence-corrected chi connectivity index (χ1v) is 9.44. The molecule has 0 spiro atoms. The van der Waals surface area contributed by atoms with Gasteiger partial charge in [-0.1, -0.05) is 19.1 Å². The highest BCUT2D eigenvalue weighted by Gasteiger charge is 2.25. The maximum atomic E-state index is 12.7. The Morgan fingerprint density at radius 3 is 1.56 bits per heavy atom. The molecule has 5 nitrogen and oxygen atoms in total. The molecule has 0 N–H and O–H groups in total. The highest BCUT2D eigenvalue weighted by Crippen LogP contribution is 2.16. The molecule has 3 rings (SSSR count). The molecule has 0 radical (unpaired) electrons. The van der Waals surface area contributed by atoms with Gasteiger partial charge in [0.1, 0.15) is 0 Å². The monoisotopic (exact) mass is 365 g/mol. The van der Waals surface area contributed by atoms with Gasteiger partial charge in [0.25, 0.3) is 11.8 Å². The molecule has 1 fully saturated rings. The van der Waals surface area contributed by atoms with Crippen molar-refractivity contribution >= 4 is 17.5 Å². The van der Waals surface area contributed by atoms with Crippen LogP contribution in [0.5, 0.6) is 0 Å². The maximum Gasteiger partial charge on any atom is 0.253 e. The molecule has 1 aliphatic heterocycles. The summed E-state index contributed by atoms with van der Waals surface area (Å²) >= 11 is 0. The zero-order valence-corrected chi connectivity index (χ0v) is 16.3. The molecule has 1 heterocycles. The summed E-state index contributed by atoms with van der Waals surface area (Å²) in [6.07, 6.45) is 0.963. The topological polar surface area (TPSA) is 43.9 Å². The van der Waals surface area contributed by atoms with E-state index in [0.29, 0.717) is 37.3 Å². The van der Waals surface area contributed by atoms with Crippen LogP contribution in [0.2, 0.25) is 0 Å². The van der Waals surface area contributed by atoms with E-state index >= 15 is 0 Å². The standard InChI is InChI=1S/C22H27N3O2/c1-4-17-5-7-18(8-6-17)21(26)24-13-15-25(16-14-24)22(27)19-9-11-20(12-10-19)23(2)3/h5-12H,4,13-16H2,1-3H3. The Hall–Kier alpha value is -2.82. The normalized spacial score (nSPS) is 14.2. The minimum absolute atomic E-state index is 0.0275. The smallest absolute Gasteiger partial charge is 0.253 e. The molecule has 0 atom stereocenters. The van der Waals surface area contributed by atoms with Crippen LogP contribution in [0, 0.1) is 0 Å². The first-order chi connectivity index (χ1) is 13.0. The fourth-order valence-electron chi connectivity index (χ4n) is 3.26. The van der Waals surface area contributed by atoms with Gasteiger partial charge >= 0.3 is 0 Å². The summed E-state index contributed by atoms with van der Waals surface area (Å²) in [4.78, 5) is 31.0. The molecule has 5 heteroatoms. The van der Waals surface area contributed by atoms with Crippen molar-refractivity contribution in [1.82, 2.24) is 9.80 Å². The molecule has 1 aliphatic rings. The number of carbonyl (C=O) groups is 2. The predicted octanol–water partition coefficient (Wildman–Crippen LogP) is 2.91. The van der Waals surface area contributed by atoms with Gasteiger partial charge in [-0.2, -0.15) is 0 Å². The van der Waals surface area contributed by atoms with Crippen molar-refractivity contribution in [2.75, 3.05) is 45.2 Å². The molecule has 0 bridgehead atoms. The number of benzene rings is 2. The molecular formula is C22H27N3O2. The van der Waals surface area contributed by atoms with Crippen LogP contribution in [-0.4, -0.2) is 61.9 Å². The van der Waals surface area contributed by atoms with Gasteiger partial charge in [-0.05, 0) is 48.4 Å². The van der Waals surface area contributed by atoms with Crippen LogP contribution in [0.1, 0.15) is 33.2 Å². The molecule has 27 heavy (non-hydrogen) atoms. The Labute approximate surface area is 161 Å². The first-order valence-electron chi connectivity index (χ1n) is 9.44. The maximum absolute atomic E-state index is 12.7. The van der Waals surface area contributed by atoms with Crippen molar-refractivity contribution in [1.29, 1.82) is 0 Å². The van der Waals surface area contributed by atoms with Crippen molar-refractivity contribution in [3.05, 3.63) is 65.2 Å². The Bertz CT molecular complexity index is 789. The number of anilines is 1. The minimum atomic E-state index is 0.0275. The fourth-order valence-corrected chi connectivity index (χ4v) is 3.26. The number of aryl methyl sites for hydroxylation is 1. The average Bonchev–Trinajstić information content (AvgIpc) is 2.73. The second-order valence-corrected chi connectivity index (χ2v) is 7.08. The zero-order valence-electron chi connectivity index (χ0n) is 16.3. The zero-order chi connectivity index (χ0) is 19.4. The van der Waals surface area contributed by atoms with Crippen molar-refractivity contribution in [3.8, 4) is 0 Å². The highest BCUT2D eigenvalue weighted by molar-refractivity contribution is 5.96. The molecule has 2 amide bonds. The Kier molecular flexibility index (Phi) is 5.79. The van der Waals surface area contributed by atoms with Crippen LogP contribution in [0.4, 0.5) is 5.69 Å². The van der Waals surface area contributed by atoms with E-state index in [9.17, 15) is 9.59 Å². The third-order valence-electron chi connectivity index (χ3n) is 5.09. The summed E-state index contributed by atoms with van der Waals surface area (Å²) in [6, 6.07) is 15.4. The number of nitrogens with zero attached hydrogens (tertiary/aromatic N) is 3. The number of hydrogen-bond donors (Lipinski definition) is 0. The van der Waals surface area contributed by atoms with Crippen molar-refractivity contribution in [2.24, 2.45) is 0 Å². The number of piperazine rings is 1. The molecule has 2 aromatic rings. The lowest BCUT2D eigenvalue weighted by atomic mass is 10.1. The summed E-state index contributed by atoms with van der Waals surface area (Å²) < 4.78 is 0. The van der Waals surface area contributed by atoms with Crippen LogP contribution in [-0.2, 0) is 6.42 Å².